The number of carbonyl (C=O) groups is 1. The van der Waals surface area contributed by atoms with Gasteiger partial charge in [0.25, 0.3) is 0 Å². The van der Waals surface area contributed by atoms with Crippen molar-refractivity contribution in [2.45, 2.75) is 65.7 Å². The number of ketones is 1. The molecule has 1 nitrogen and oxygen atoms in total. The maximum absolute atomic E-state index is 12.5. The van der Waals surface area contributed by atoms with Crippen molar-refractivity contribution in [1.82, 2.24) is 0 Å². The Morgan fingerprint density at radius 2 is 1.50 bits per heavy atom. The van der Waals surface area contributed by atoms with Crippen LogP contribution >= 0.6 is 0 Å². The molecule has 4 bridgehead atoms. The zero-order valence-corrected chi connectivity index (χ0v) is 12.2. The highest BCUT2D eigenvalue weighted by atomic mass is 16.1. The molecule has 4 fully saturated rings. The van der Waals surface area contributed by atoms with Crippen LogP contribution in [-0.4, -0.2) is 5.78 Å². The highest BCUT2D eigenvalue weighted by molar-refractivity contribution is 5.84. The van der Waals surface area contributed by atoms with Crippen LogP contribution in [0.25, 0.3) is 0 Å². The van der Waals surface area contributed by atoms with Crippen molar-refractivity contribution in [2.24, 2.45) is 35.0 Å². The van der Waals surface area contributed by atoms with Crippen LogP contribution < -0.4 is 0 Å². The summed E-state index contributed by atoms with van der Waals surface area (Å²) in [6.07, 6.45) is 9.15. The van der Waals surface area contributed by atoms with E-state index >= 15 is 0 Å². The molecule has 18 heavy (non-hydrogen) atoms. The molecule has 4 saturated carbocycles. The van der Waals surface area contributed by atoms with Crippen molar-refractivity contribution in [1.29, 1.82) is 0 Å². The molecule has 0 radical (unpaired) electrons. The van der Waals surface area contributed by atoms with Crippen molar-refractivity contribution in [2.75, 3.05) is 0 Å². The molecule has 0 aromatic carbocycles. The highest BCUT2D eigenvalue weighted by Gasteiger charge is 2.49. The van der Waals surface area contributed by atoms with E-state index in [0.29, 0.717) is 5.78 Å². The van der Waals surface area contributed by atoms with Crippen molar-refractivity contribution >= 4 is 5.78 Å². The van der Waals surface area contributed by atoms with Crippen LogP contribution in [0, 0.1) is 35.0 Å². The first-order chi connectivity index (χ1) is 8.49. The molecular weight excluding hydrogens is 220 g/mol. The van der Waals surface area contributed by atoms with Gasteiger partial charge in [-0.3, -0.25) is 4.79 Å². The summed E-state index contributed by atoms with van der Waals surface area (Å²) in [6, 6.07) is 0. The van der Waals surface area contributed by atoms with Crippen LogP contribution in [-0.2, 0) is 4.79 Å². The van der Waals surface area contributed by atoms with Gasteiger partial charge < -0.3 is 0 Å². The van der Waals surface area contributed by atoms with E-state index in [1.165, 1.54) is 32.1 Å². The third-order valence-corrected chi connectivity index (χ3v) is 6.48. The van der Waals surface area contributed by atoms with Crippen LogP contribution in [0.3, 0.4) is 0 Å². The first-order valence-electron chi connectivity index (χ1n) is 8.03. The fourth-order valence-corrected chi connectivity index (χ4v) is 5.06. The van der Waals surface area contributed by atoms with E-state index in [0.717, 1.165) is 42.4 Å². The Morgan fingerprint density at radius 1 is 1.00 bits per heavy atom. The standard InChI is InChI=1S/C17H28O/c1-4-17(2,3)16(18)10-15-13-6-11-5-12(8-13)9-14(15)7-11/h11-15H,4-10H2,1-3H3. The maximum Gasteiger partial charge on any atom is 0.138 e. The van der Waals surface area contributed by atoms with E-state index in [2.05, 4.69) is 20.8 Å². The van der Waals surface area contributed by atoms with E-state index in [9.17, 15) is 4.79 Å². The lowest BCUT2D eigenvalue weighted by Gasteiger charge is -2.54. The minimum absolute atomic E-state index is 0.0886. The highest BCUT2D eigenvalue weighted by Crippen LogP contribution is 2.57. The zero-order chi connectivity index (χ0) is 12.9. The minimum atomic E-state index is -0.0886. The normalized spacial score (nSPS) is 42.3. The Labute approximate surface area is 112 Å². The second-order valence-electron chi connectivity index (χ2n) is 7.96. The molecular formula is C17H28O. The molecule has 0 saturated heterocycles. The number of Topliss-reactive ketones (excluding diaryl/α,β-unsaturated/α-hetero) is 1. The second-order valence-corrected chi connectivity index (χ2v) is 7.96. The summed E-state index contributed by atoms with van der Waals surface area (Å²) in [5.41, 5.74) is -0.0886. The van der Waals surface area contributed by atoms with E-state index in [1.807, 2.05) is 0 Å². The van der Waals surface area contributed by atoms with Gasteiger partial charge in [-0.25, -0.2) is 0 Å². The fraction of sp³-hybridized carbons (Fsp3) is 0.941. The molecule has 0 spiro atoms. The quantitative estimate of drug-likeness (QED) is 0.718. The molecule has 102 valence electrons. The van der Waals surface area contributed by atoms with Gasteiger partial charge in [0.2, 0.25) is 0 Å². The van der Waals surface area contributed by atoms with Gasteiger partial charge in [-0.1, -0.05) is 20.8 Å². The van der Waals surface area contributed by atoms with Crippen molar-refractivity contribution < 1.29 is 4.79 Å². The molecule has 0 unspecified atom stereocenters. The summed E-state index contributed by atoms with van der Waals surface area (Å²) in [5, 5.41) is 0. The molecule has 4 aliphatic carbocycles. The summed E-state index contributed by atoms with van der Waals surface area (Å²) in [7, 11) is 0. The average Bonchev–Trinajstić information content (AvgIpc) is 2.32. The van der Waals surface area contributed by atoms with Crippen molar-refractivity contribution in [3.8, 4) is 0 Å². The van der Waals surface area contributed by atoms with Gasteiger partial charge in [-0.2, -0.15) is 0 Å². The summed E-state index contributed by atoms with van der Waals surface area (Å²) in [5.74, 6) is 5.13. The van der Waals surface area contributed by atoms with Gasteiger partial charge in [-0.15, -0.1) is 0 Å². The summed E-state index contributed by atoms with van der Waals surface area (Å²) < 4.78 is 0. The maximum atomic E-state index is 12.5. The second kappa shape index (κ2) is 4.35. The van der Waals surface area contributed by atoms with E-state index in [-0.39, 0.29) is 5.41 Å². The number of rotatable bonds is 4. The Balaban J connectivity index is 1.69. The molecule has 1 heteroatoms. The number of hydrogen-bond donors (Lipinski definition) is 0. The lowest BCUT2D eigenvalue weighted by Crippen LogP contribution is -2.46. The van der Waals surface area contributed by atoms with Gasteiger partial charge in [-0.05, 0) is 68.1 Å². The SMILES string of the molecule is CCC(C)(C)C(=O)CC1C2CC3CC(C2)CC1C3. The van der Waals surface area contributed by atoms with Crippen molar-refractivity contribution in [3.05, 3.63) is 0 Å². The summed E-state index contributed by atoms with van der Waals surface area (Å²) >= 11 is 0. The van der Waals surface area contributed by atoms with Gasteiger partial charge in [0.1, 0.15) is 5.78 Å². The largest absolute Gasteiger partial charge is 0.299 e. The zero-order valence-electron chi connectivity index (χ0n) is 12.2. The average molecular weight is 248 g/mol. The fourth-order valence-electron chi connectivity index (χ4n) is 5.06. The first kappa shape index (κ1) is 12.7. The lowest BCUT2D eigenvalue weighted by atomic mass is 9.51. The summed E-state index contributed by atoms with van der Waals surface area (Å²) in [6.45, 7) is 6.41. The van der Waals surface area contributed by atoms with Crippen LogP contribution in [0.4, 0.5) is 0 Å². The van der Waals surface area contributed by atoms with Crippen LogP contribution in [0.2, 0.25) is 0 Å². The Morgan fingerprint density at radius 3 is 1.94 bits per heavy atom. The smallest absolute Gasteiger partial charge is 0.138 e. The number of hydrogen-bond acceptors (Lipinski definition) is 1. The van der Waals surface area contributed by atoms with Crippen molar-refractivity contribution in [3.63, 3.8) is 0 Å². The third-order valence-electron chi connectivity index (χ3n) is 6.48. The molecule has 0 aromatic rings. The third kappa shape index (κ3) is 2.04. The van der Waals surface area contributed by atoms with E-state index in [1.54, 1.807) is 0 Å². The number of carbonyl (C=O) groups excluding carboxylic acids is 1. The molecule has 4 aliphatic rings. The molecule has 0 heterocycles. The lowest BCUT2D eigenvalue weighted by molar-refractivity contribution is -0.132. The van der Waals surface area contributed by atoms with Gasteiger partial charge in [0.15, 0.2) is 0 Å². The molecule has 0 N–H and O–H groups in total. The Bertz CT molecular complexity index is 314. The van der Waals surface area contributed by atoms with Gasteiger partial charge in [0, 0.05) is 11.8 Å². The monoisotopic (exact) mass is 248 g/mol. The van der Waals surface area contributed by atoms with Gasteiger partial charge in [0.05, 0.1) is 0 Å². The molecule has 0 atom stereocenters. The first-order valence-corrected chi connectivity index (χ1v) is 8.03. The Kier molecular flexibility index (Phi) is 3.07. The topological polar surface area (TPSA) is 17.1 Å². The molecule has 0 aliphatic heterocycles. The summed E-state index contributed by atoms with van der Waals surface area (Å²) in [4.78, 5) is 12.5. The molecule has 0 aromatic heterocycles. The predicted octanol–water partition coefficient (Wildman–Crippen LogP) is 4.45. The van der Waals surface area contributed by atoms with Crippen LogP contribution in [0.1, 0.15) is 65.7 Å². The Hall–Kier alpha value is -0.330. The van der Waals surface area contributed by atoms with Gasteiger partial charge >= 0.3 is 0 Å². The molecule has 4 rings (SSSR count). The van der Waals surface area contributed by atoms with Crippen LogP contribution in [0.15, 0.2) is 0 Å². The minimum Gasteiger partial charge on any atom is -0.299 e. The van der Waals surface area contributed by atoms with E-state index in [4.69, 9.17) is 0 Å². The molecule has 0 amide bonds. The van der Waals surface area contributed by atoms with E-state index < -0.39 is 0 Å². The van der Waals surface area contributed by atoms with Crippen LogP contribution in [0.5, 0.6) is 0 Å². The predicted molar refractivity (Wildman–Crippen MR) is 74.2 cm³/mol.